The monoisotopic (exact) mass is 1030 g/mol. The second kappa shape index (κ2) is 62.6. The van der Waals surface area contributed by atoms with Gasteiger partial charge in [0.25, 0.3) is 0 Å². The first-order valence-corrected chi connectivity index (χ1v) is 32.3. The van der Waals surface area contributed by atoms with E-state index < -0.39 is 12.1 Å². The number of ether oxygens (including phenoxy) is 3. The normalized spacial score (nSPS) is 12.4. The molecule has 0 saturated carbocycles. The van der Waals surface area contributed by atoms with E-state index >= 15 is 0 Å². The topological polar surface area (TPSA) is 78.9 Å². The van der Waals surface area contributed by atoms with Gasteiger partial charge in [0.15, 0.2) is 6.10 Å². The van der Waals surface area contributed by atoms with Crippen molar-refractivity contribution in [1.82, 2.24) is 0 Å². The minimum atomic E-state index is -0.825. The molecule has 0 aromatic rings. The lowest BCUT2D eigenvalue weighted by atomic mass is 10.0. The molecule has 0 heterocycles. The molecule has 74 heavy (non-hydrogen) atoms. The second-order valence-electron chi connectivity index (χ2n) is 21.7. The highest BCUT2D eigenvalue weighted by Crippen LogP contribution is 2.18. The molecule has 0 aromatic heterocycles. The summed E-state index contributed by atoms with van der Waals surface area (Å²) < 4.78 is 16.8. The van der Waals surface area contributed by atoms with Crippen molar-refractivity contribution in [3.63, 3.8) is 0 Å². The molecule has 6 heteroatoms. The Balaban J connectivity index is 4.19. The predicted molar refractivity (Wildman–Crippen MR) is 321 cm³/mol. The van der Waals surface area contributed by atoms with Crippen LogP contribution in [0, 0.1) is 0 Å². The zero-order valence-corrected chi connectivity index (χ0v) is 49.4. The summed E-state index contributed by atoms with van der Waals surface area (Å²) in [6.07, 6.45) is 80.0. The van der Waals surface area contributed by atoms with E-state index in [0.717, 1.165) is 70.6 Å². The molecule has 0 saturated heterocycles. The van der Waals surface area contributed by atoms with Crippen molar-refractivity contribution < 1.29 is 28.6 Å². The molecule has 0 fully saturated rings. The van der Waals surface area contributed by atoms with Crippen molar-refractivity contribution in [2.45, 2.75) is 341 Å². The van der Waals surface area contributed by atoms with E-state index in [-0.39, 0.29) is 31.6 Å². The molecule has 0 N–H and O–H groups in total. The van der Waals surface area contributed by atoms with Crippen LogP contribution in [-0.2, 0) is 28.6 Å². The van der Waals surface area contributed by atoms with Gasteiger partial charge in [-0.3, -0.25) is 14.4 Å². The Morgan fingerprint density at radius 1 is 0.284 bits per heavy atom. The maximum absolute atomic E-state index is 12.8. The minimum absolute atomic E-state index is 0.102. The third-order valence-electron chi connectivity index (χ3n) is 14.3. The van der Waals surface area contributed by atoms with Crippen LogP contribution in [-0.4, -0.2) is 37.2 Å². The van der Waals surface area contributed by atoms with Crippen molar-refractivity contribution >= 4 is 17.9 Å². The molecule has 0 aliphatic carbocycles. The van der Waals surface area contributed by atoms with Gasteiger partial charge in [-0.1, -0.05) is 332 Å². The largest absolute Gasteiger partial charge is 0.462 e. The summed E-state index contributed by atoms with van der Waals surface area (Å²) in [5.74, 6) is -1.02. The van der Waals surface area contributed by atoms with E-state index in [1.165, 1.54) is 225 Å². The van der Waals surface area contributed by atoms with E-state index in [0.29, 0.717) is 12.8 Å². The third kappa shape index (κ3) is 60.0. The highest BCUT2D eigenvalue weighted by atomic mass is 16.6. The van der Waals surface area contributed by atoms with Gasteiger partial charge < -0.3 is 14.2 Å². The fourth-order valence-electron chi connectivity index (χ4n) is 9.52. The molecule has 0 aliphatic heterocycles. The Bertz CT molecular complexity index is 1330. The Hall–Kier alpha value is -2.89. The Kier molecular flexibility index (Phi) is 60.2. The number of hydrogen-bond acceptors (Lipinski definition) is 6. The molecule has 430 valence electrons. The Labute approximate surface area is 460 Å². The molecule has 0 bridgehead atoms. The molecular weight excluding hydrogens is 913 g/mol. The minimum Gasteiger partial charge on any atom is -0.462 e. The highest BCUT2D eigenvalue weighted by Gasteiger charge is 2.19. The van der Waals surface area contributed by atoms with Crippen LogP contribution in [0.3, 0.4) is 0 Å². The molecule has 1 atom stereocenters. The molecule has 0 amide bonds. The van der Waals surface area contributed by atoms with Gasteiger partial charge in [0.1, 0.15) is 13.2 Å². The van der Waals surface area contributed by atoms with Gasteiger partial charge in [0, 0.05) is 12.8 Å². The van der Waals surface area contributed by atoms with E-state index in [1.807, 2.05) is 6.08 Å². The van der Waals surface area contributed by atoms with Crippen LogP contribution in [0.25, 0.3) is 0 Å². The molecule has 0 aliphatic rings. The summed E-state index contributed by atoms with van der Waals surface area (Å²) >= 11 is 0. The average molecular weight is 1040 g/mol. The first-order valence-electron chi connectivity index (χ1n) is 32.3. The first-order chi connectivity index (χ1) is 36.5. The fraction of sp³-hybridized carbons (Fsp3) is 0.809. The van der Waals surface area contributed by atoms with Crippen LogP contribution in [0.15, 0.2) is 60.8 Å². The Morgan fingerprint density at radius 2 is 0.514 bits per heavy atom. The van der Waals surface area contributed by atoms with E-state index in [4.69, 9.17) is 14.2 Å². The Morgan fingerprint density at radius 3 is 0.770 bits per heavy atom. The number of unbranched alkanes of at least 4 members (excludes halogenated alkanes) is 39. The number of allylic oxidation sites excluding steroid dienone is 9. The van der Waals surface area contributed by atoms with Gasteiger partial charge in [0.2, 0.25) is 0 Å². The fourth-order valence-corrected chi connectivity index (χ4v) is 9.52. The molecule has 0 rings (SSSR count). The summed E-state index contributed by atoms with van der Waals surface area (Å²) in [6.45, 7) is 6.48. The number of esters is 3. The van der Waals surface area contributed by atoms with Gasteiger partial charge in [-0.15, -0.1) is 0 Å². The number of rotatable bonds is 59. The summed E-state index contributed by atoms with van der Waals surface area (Å²) in [5, 5.41) is 0. The zero-order chi connectivity index (χ0) is 53.6. The third-order valence-corrected chi connectivity index (χ3v) is 14.3. The quantitative estimate of drug-likeness (QED) is 0.0261. The van der Waals surface area contributed by atoms with Crippen LogP contribution in [0.4, 0.5) is 0 Å². The van der Waals surface area contributed by atoms with Crippen molar-refractivity contribution in [3.05, 3.63) is 60.8 Å². The van der Waals surface area contributed by atoms with Gasteiger partial charge in [0.05, 0.1) is 6.42 Å². The lowest BCUT2D eigenvalue weighted by molar-refractivity contribution is -0.166. The van der Waals surface area contributed by atoms with Crippen LogP contribution in [0.5, 0.6) is 0 Å². The smallest absolute Gasteiger partial charge is 0.310 e. The van der Waals surface area contributed by atoms with Gasteiger partial charge in [-0.2, -0.15) is 0 Å². The number of carbonyl (C=O) groups excluding carboxylic acids is 3. The van der Waals surface area contributed by atoms with E-state index in [2.05, 4.69) is 69.4 Å². The predicted octanol–water partition coefficient (Wildman–Crippen LogP) is 21.9. The van der Waals surface area contributed by atoms with Crippen molar-refractivity contribution in [2.24, 2.45) is 0 Å². The van der Waals surface area contributed by atoms with E-state index in [1.54, 1.807) is 6.08 Å². The second-order valence-corrected chi connectivity index (χ2v) is 21.7. The average Bonchev–Trinajstić information content (AvgIpc) is 3.40. The van der Waals surface area contributed by atoms with E-state index in [9.17, 15) is 14.4 Å². The van der Waals surface area contributed by atoms with Crippen LogP contribution in [0.2, 0.25) is 0 Å². The zero-order valence-electron chi connectivity index (χ0n) is 49.4. The van der Waals surface area contributed by atoms with Gasteiger partial charge in [-0.25, -0.2) is 0 Å². The lowest BCUT2D eigenvalue weighted by Crippen LogP contribution is -2.30. The SMILES string of the molecule is CC/C=C\C/C=C\C/C=C\C/C=C\C/C=C\CC(=O)OC(COC(=O)CCCCCCCCCCCCCC)COC(=O)CCCCCCCCCCCCCCCCCCCCCCCCCCCCCCC. The molecule has 1 unspecified atom stereocenters. The highest BCUT2D eigenvalue weighted by molar-refractivity contribution is 5.72. The van der Waals surface area contributed by atoms with Gasteiger partial charge >= 0.3 is 17.9 Å². The number of carbonyl (C=O) groups is 3. The lowest BCUT2D eigenvalue weighted by Gasteiger charge is -2.18. The summed E-state index contributed by atoms with van der Waals surface area (Å²) in [7, 11) is 0. The van der Waals surface area contributed by atoms with Crippen LogP contribution in [0.1, 0.15) is 335 Å². The van der Waals surface area contributed by atoms with Gasteiger partial charge in [-0.05, 0) is 44.9 Å². The summed E-state index contributed by atoms with van der Waals surface area (Å²) in [6, 6.07) is 0. The molecule has 6 nitrogen and oxygen atoms in total. The summed E-state index contributed by atoms with van der Waals surface area (Å²) in [4.78, 5) is 38.1. The molecule has 0 radical (unpaired) electrons. The summed E-state index contributed by atoms with van der Waals surface area (Å²) in [5.41, 5.74) is 0. The maximum atomic E-state index is 12.8. The first kappa shape index (κ1) is 71.1. The molecule has 0 aromatic carbocycles. The van der Waals surface area contributed by atoms with Crippen LogP contribution >= 0.6 is 0 Å². The molecule has 0 spiro atoms. The number of hydrogen-bond donors (Lipinski definition) is 0. The molecular formula is C68H122O6. The van der Waals surface area contributed by atoms with Crippen molar-refractivity contribution in [3.8, 4) is 0 Å². The van der Waals surface area contributed by atoms with Crippen LogP contribution < -0.4 is 0 Å². The van der Waals surface area contributed by atoms with Crippen molar-refractivity contribution in [1.29, 1.82) is 0 Å². The maximum Gasteiger partial charge on any atom is 0.310 e. The standard InChI is InChI=1S/C68H122O6/c1-4-7-10-13-16-19-22-25-27-28-29-30-31-32-33-34-35-36-37-38-39-40-42-43-46-49-52-55-58-61-67(70)73-64-65(63-72-66(69)60-57-54-51-48-45-24-21-18-15-12-9-6-3)74-68(71)62-59-56-53-50-47-44-41-26-23-20-17-14-11-8-5-2/h8,11,17,20,26,41,47,50,56,59,65H,4-7,9-10,12-16,18-19,21-25,27-40,42-46,48-49,51-55,57-58,60-64H2,1-3H3/b11-8-,20-17-,41-26-,50-47-,59-56-. The van der Waals surface area contributed by atoms with Crippen molar-refractivity contribution in [2.75, 3.05) is 13.2 Å².